The van der Waals surface area contributed by atoms with Crippen LogP contribution < -0.4 is 4.74 Å². The van der Waals surface area contributed by atoms with Gasteiger partial charge in [-0.15, -0.1) is 0 Å². The second kappa shape index (κ2) is 15.9. The lowest BCUT2D eigenvalue weighted by Crippen LogP contribution is -2.38. The first-order valence-corrected chi connectivity index (χ1v) is 17.0. The van der Waals surface area contributed by atoms with Crippen LogP contribution in [0.5, 0.6) is 11.5 Å². The van der Waals surface area contributed by atoms with Crippen molar-refractivity contribution in [3.8, 4) is 11.5 Å². The van der Waals surface area contributed by atoms with E-state index < -0.39 is 18.1 Å². The monoisotopic (exact) mass is 725 g/mol. The Morgan fingerprint density at radius 1 is 0.863 bits per heavy atom. The summed E-state index contributed by atoms with van der Waals surface area (Å²) in [6.07, 6.45) is 12.0. The van der Waals surface area contributed by atoms with Crippen LogP contribution in [-0.2, 0) is 9.59 Å². The fourth-order valence-electron chi connectivity index (χ4n) is 5.99. The van der Waals surface area contributed by atoms with E-state index in [0.717, 1.165) is 38.8 Å². The lowest BCUT2D eigenvalue weighted by molar-refractivity contribution is -0.139. The number of aromatic nitrogens is 8. The summed E-state index contributed by atoms with van der Waals surface area (Å²) in [4.78, 5) is 35.8. The highest BCUT2D eigenvalue weighted by Crippen LogP contribution is 2.28. The molecule has 0 bridgehead atoms. The molecule has 1 saturated heterocycles. The second-order valence-electron chi connectivity index (χ2n) is 11.8. The predicted molar refractivity (Wildman–Crippen MR) is 195 cm³/mol. The zero-order valence-electron chi connectivity index (χ0n) is 27.4. The molecule has 0 spiro atoms. The van der Waals surface area contributed by atoms with E-state index in [2.05, 4.69) is 36.9 Å². The summed E-state index contributed by atoms with van der Waals surface area (Å²) < 4.78 is 9.45. The zero-order valence-corrected chi connectivity index (χ0v) is 29.0. The quantitative estimate of drug-likeness (QED) is 0.103. The molecule has 2 atom stereocenters. The van der Waals surface area contributed by atoms with Gasteiger partial charge >= 0.3 is 5.97 Å². The van der Waals surface area contributed by atoms with Crippen LogP contribution in [0, 0.1) is 9.28 Å². The van der Waals surface area contributed by atoms with E-state index in [1.54, 1.807) is 65.6 Å². The van der Waals surface area contributed by atoms with E-state index in [4.69, 9.17) is 29.2 Å². The van der Waals surface area contributed by atoms with Crippen molar-refractivity contribution >= 4 is 58.4 Å². The molecule has 16 heteroatoms. The Labute approximate surface area is 302 Å². The smallest absolute Gasteiger partial charge is 0.331 e. The molecule has 1 fully saturated rings. The van der Waals surface area contributed by atoms with Crippen molar-refractivity contribution in [1.82, 2.24) is 44.4 Å². The molecule has 1 amide bonds. The van der Waals surface area contributed by atoms with Crippen LogP contribution in [0.25, 0.3) is 22.1 Å². The van der Waals surface area contributed by atoms with Gasteiger partial charge in [0.1, 0.15) is 33.4 Å². The third kappa shape index (κ3) is 7.71. The van der Waals surface area contributed by atoms with Crippen molar-refractivity contribution in [2.75, 3.05) is 19.7 Å². The van der Waals surface area contributed by atoms with Gasteiger partial charge in [0.25, 0.3) is 0 Å². The standard InChI is InChI=1S/C19H21N5O2S.C16H14N4O3S/c25-14-7-5-6-13(10-14)16(18(26)23-8-3-1-2-4-9-23)24-12-20-17-15(19(24)27)11-21-22-17;1-2-6-23-11-5-3-4-10(7-11)13(16(21)22)20-9-17-14-12(15(20)24)8-18-19-14/h5-7,10-12,16,25H,1-4,8-9H2,(H,21,22);2-5,7-9,13H,1,6H2,(H,18,19)(H,21,22). The molecule has 4 N–H and O–H groups in total. The molecule has 51 heavy (non-hydrogen) atoms. The number of ether oxygens (including phenoxy) is 1. The maximum absolute atomic E-state index is 13.5. The number of carboxylic acid groups (broad SMARTS) is 1. The highest BCUT2D eigenvalue weighted by atomic mass is 32.1. The SMILES string of the molecule is C=CCOc1cccc(C(C(=O)O)n2cnc3[nH]ncc3c2=S)c1.O=C(C(c1cccc(O)c1)n1cnc2[nH]ncc2c1=S)N1CCCCCC1. The number of carbonyl (C=O) groups is 2. The molecule has 0 radical (unpaired) electrons. The largest absolute Gasteiger partial charge is 0.508 e. The number of phenolic OH excluding ortho intramolecular Hbond substituents is 1. The Hall–Kier alpha value is -5.74. The van der Waals surface area contributed by atoms with Gasteiger partial charge in [0.05, 0.1) is 35.8 Å². The topological polar surface area (TPSA) is 180 Å². The molecule has 6 aromatic rings. The third-order valence-corrected chi connectivity index (χ3v) is 9.32. The Balaban J connectivity index is 0.000000177. The molecule has 1 aliphatic heterocycles. The number of hydrogen-bond acceptors (Lipinski definition) is 10. The van der Waals surface area contributed by atoms with Gasteiger partial charge in [-0.05, 0) is 48.2 Å². The van der Waals surface area contributed by atoms with E-state index in [-0.39, 0.29) is 11.7 Å². The Kier molecular flexibility index (Phi) is 10.9. The minimum atomic E-state index is -1.04. The van der Waals surface area contributed by atoms with E-state index in [1.807, 2.05) is 11.0 Å². The number of aromatic amines is 2. The maximum atomic E-state index is 13.5. The molecule has 0 saturated carbocycles. The van der Waals surface area contributed by atoms with E-state index >= 15 is 0 Å². The number of carbonyl (C=O) groups excluding carboxylic acids is 1. The first-order chi connectivity index (χ1) is 24.8. The maximum Gasteiger partial charge on any atom is 0.331 e. The van der Waals surface area contributed by atoms with Gasteiger partial charge in [0.15, 0.2) is 17.3 Å². The molecular weight excluding hydrogens is 691 g/mol. The van der Waals surface area contributed by atoms with Crippen molar-refractivity contribution in [2.45, 2.75) is 37.8 Å². The second-order valence-corrected chi connectivity index (χ2v) is 12.6. The van der Waals surface area contributed by atoms with Gasteiger partial charge in [-0.1, -0.05) is 74.2 Å². The summed E-state index contributed by atoms with van der Waals surface area (Å²) in [5.41, 5.74) is 2.33. The average molecular weight is 726 g/mol. The van der Waals surface area contributed by atoms with Crippen molar-refractivity contribution in [1.29, 1.82) is 0 Å². The molecule has 14 nitrogen and oxygen atoms in total. The summed E-state index contributed by atoms with van der Waals surface area (Å²) in [6, 6.07) is 12.0. The summed E-state index contributed by atoms with van der Waals surface area (Å²) in [7, 11) is 0. The van der Waals surface area contributed by atoms with Crippen LogP contribution >= 0.6 is 24.4 Å². The molecule has 4 aromatic heterocycles. The third-order valence-electron chi connectivity index (χ3n) is 8.46. The van der Waals surface area contributed by atoms with E-state index in [0.29, 0.717) is 54.8 Å². The van der Waals surface area contributed by atoms with Crippen molar-refractivity contribution in [2.24, 2.45) is 0 Å². The van der Waals surface area contributed by atoms with Gasteiger partial charge in [0.2, 0.25) is 5.91 Å². The fraction of sp³-hybridized carbons (Fsp3) is 0.257. The summed E-state index contributed by atoms with van der Waals surface area (Å²) in [5, 5.41) is 34.4. The number of nitrogens with zero attached hydrogens (tertiary/aromatic N) is 7. The minimum Gasteiger partial charge on any atom is -0.508 e. The van der Waals surface area contributed by atoms with Crippen LogP contribution in [0.15, 0.2) is 86.2 Å². The zero-order chi connectivity index (χ0) is 35.9. The Bertz CT molecular complexity index is 2310. The van der Waals surface area contributed by atoms with E-state index in [1.165, 1.54) is 17.1 Å². The van der Waals surface area contributed by atoms with Crippen LogP contribution in [-0.4, -0.2) is 86.2 Å². The number of amides is 1. The van der Waals surface area contributed by atoms with E-state index in [9.17, 15) is 19.8 Å². The molecule has 0 aliphatic carbocycles. The van der Waals surface area contributed by atoms with Crippen molar-refractivity contribution in [3.63, 3.8) is 0 Å². The lowest BCUT2D eigenvalue weighted by Gasteiger charge is -2.28. The number of likely N-dealkylation sites (tertiary alicyclic amines) is 1. The van der Waals surface area contributed by atoms with Crippen LogP contribution in [0.3, 0.4) is 0 Å². The molecule has 7 rings (SSSR count). The number of H-pyrrole nitrogens is 2. The summed E-state index contributed by atoms with van der Waals surface area (Å²) in [5.74, 6) is -0.396. The number of benzene rings is 2. The Morgan fingerprint density at radius 3 is 2.00 bits per heavy atom. The van der Waals surface area contributed by atoms with Gasteiger partial charge < -0.3 is 29.0 Å². The molecule has 262 valence electrons. The van der Waals surface area contributed by atoms with Crippen LogP contribution in [0.2, 0.25) is 0 Å². The normalized spacial score (nSPS) is 14.2. The van der Waals surface area contributed by atoms with Crippen molar-refractivity contribution < 1.29 is 24.5 Å². The molecule has 1 aliphatic rings. The highest BCUT2D eigenvalue weighted by Gasteiger charge is 2.29. The number of carboxylic acids is 1. The number of aliphatic carboxylic acids is 1. The first-order valence-electron chi connectivity index (χ1n) is 16.2. The first kappa shape index (κ1) is 35.1. The predicted octanol–water partition coefficient (Wildman–Crippen LogP) is 5.91. The van der Waals surface area contributed by atoms with Gasteiger partial charge in [0, 0.05) is 13.1 Å². The molecule has 5 heterocycles. The average Bonchev–Trinajstić information content (AvgIpc) is 3.74. The number of aromatic hydroxyl groups is 1. The number of rotatable bonds is 9. The highest BCUT2D eigenvalue weighted by molar-refractivity contribution is 7.71. The summed E-state index contributed by atoms with van der Waals surface area (Å²) in [6.45, 7) is 5.40. The fourth-order valence-corrected chi connectivity index (χ4v) is 6.60. The molecule has 2 unspecified atom stereocenters. The molecular formula is C35H35N9O5S2. The minimum absolute atomic E-state index is 0.0248. The lowest BCUT2D eigenvalue weighted by atomic mass is 10.0. The van der Waals surface area contributed by atoms with Gasteiger partial charge in [-0.2, -0.15) is 10.2 Å². The van der Waals surface area contributed by atoms with Crippen molar-refractivity contribution in [3.05, 3.63) is 107 Å². The van der Waals surface area contributed by atoms with Crippen LogP contribution in [0.1, 0.15) is 48.9 Å². The number of fused-ring (bicyclic) bond motifs is 2. The number of hydrogen-bond donors (Lipinski definition) is 4. The number of nitrogens with one attached hydrogen (secondary N) is 2. The van der Waals surface area contributed by atoms with Crippen LogP contribution in [0.4, 0.5) is 0 Å². The van der Waals surface area contributed by atoms with Gasteiger partial charge in [-0.25, -0.2) is 14.8 Å². The molecule has 2 aromatic carbocycles. The van der Waals surface area contributed by atoms with Gasteiger partial charge in [-0.3, -0.25) is 15.0 Å². The number of phenols is 1. The Morgan fingerprint density at radius 2 is 1.43 bits per heavy atom. The summed E-state index contributed by atoms with van der Waals surface area (Å²) >= 11 is 11.0.